The Kier molecular flexibility index (Phi) is 16.7. The molecule has 0 aromatic heterocycles. The molecule has 0 unspecified atom stereocenters. The van der Waals surface area contributed by atoms with Gasteiger partial charge in [-0.05, 0) is 225 Å². The summed E-state index contributed by atoms with van der Waals surface area (Å²) < 4.78 is 0. The van der Waals surface area contributed by atoms with Crippen LogP contribution in [0.1, 0.15) is 154 Å². The van der Waals surface area contributed by atoms with Gasteiger partial charge < -0.3 is 69.3 Å². The maximum absolute atomic E-state index is 9.39. The molecule has 16 aliphatic carbocycles. The summed E-state index contributed by atoms with van der Waals surface area (Å²) in [6, 6.07) is 0. The van der Waals surface area contributed by atoms with Crippen LogP contribution < -0.4 is 0 Å². The van der Waals surface area contributed by atoms with E-state index in [-0.39, 0.29) is 114 Å². The summed E-state index contributed by atoms with van der Waals surface area (Å²) in [7, 11) is 0. The molecule has 16 rings (SSSR count). The van der Waals surface area contributed by atoms with Crippen molar-refractivity contribution < 1.29 is 78.6 Å². The number of aliphatic hydroxyl groups excluding tert-OH is 4. The Labute approximate surface area is 376 Å². The Morgan fingerprint density at radius 1 is 0.259 bits per heavy atom. The van der Waals surface area contributed by atoms with E-state index in [1.165, 1.54) is 77.0 Å². The minimum atomic E-state index is -0.258. The van der Waals surface area contributed by atoms with Crippen LogP contribution in [0.5, 0.6) is 0 Å². The third kappa shape index (κ3) is 9.39. The van der Waals surface area contributed by atoms with Gasteiger partial charge in [-0.3, -0.25) is 0 Å². The Balaban J connectivity index is 0.000000200. The summed E-state index contributed by atoms with van der Waals surface area (Å²) in [5.74, 6) is 8.48. The number of carboxylic acids is 4. The van der Waals surface area contributed by atoms with Crippen LogP contribution in [0.25, 0.3) is 0 Å². The molecule has 0 aliphatic heterocycles. The fourth-order valence-corrected chi connectivity index (χ4v) is 17.5. The second-order valence-corrected chi connectivity index (χ2v) is 22.1. The van der Waals surface area contributed by atoms with Gasteiger partial charge in [0.2, 0.25) is 0 Å². The van der Waals surface area contributed by atoms with Crippen LogP contribution >= 0.6 is 0 Å². The van der Waals surface area contributed by atoms with Gasteiger partial charge >= 0.3 is 23.9 Å². The van der Waals surface area contributed by atoms with Crippen LogP contribution in [0.2, 0.25) is 0 Å². The average Bonchev–Trinajstić information content (AvgIpc) is 3.03. The van der Waals surface area contributed by atoms with Crippen molar-refractivity contribution in [2.75, 3.05) is 0 Å². The SMILES string of the molecule is OC(=[OH+])C12CC3CC(CC(C3)C1)C2.OC(=[OH+])C12CC3CC(CC(C3)C1)C2.OC(=[OH+])C12CC3CC(CC(C3)C1)C2.OC(=[OH+])C12CC3CC(CC(C3)C1)C2.[CH3-].[CH3-].[CH3-].[CH3-].[Ru].[Ru]. The summed E-state index contributed by atoms with van der Waals surface area (Å²) >= 11 is 0. The largest absolute Gasteiger partial charge is 0.486 e. The summed E-state index contributed by atoms with van der Waals surface area (Å²) in [6.45, 7) is 0. The topological polar surface area (TPSA) is 167 Å². The molecule has 10 heteroatoms. The van der Waals surface area contributed by atoms with Gasteiger partial charge in [-0.2, -0.15) is 0 Å². The normalized spacial score (nSPS) is 47.0. The molecular weight excluding hydrogens is 907 g/mol. The van der Waals surface area contributed by atoms with Crippen molar-refractivity contribution >= 4 is 23.9 Å². The number of hydrogen-bond donors (Lipinski definition) is 4. The molecule has 16 aliphatic rings. The molecule has 16 fully saturated rings. The fraction of sp³-hybridized carbons (Fsp3) is 0.833. The molecule has 0 aromatic carbocycles. The van der Waals surface area contributed by atoms with E-state index < -0.39 is 0 Å². The molecule has 16 bridgehead atoms. The van der Waals surface area contributed by atoms with Crippen LogP contribution in [0, 0.1) is 122 Å². The first-order valence-corrected chi connectivity index (χ1v) is 21.7. The molecule has 0 heterocycles. The van der Waals surface area contributed by atoms with Gasteiger partial charge in [-0.1, -0.05) is 0 Å². The Morgan fingerprint density at radius 3 is 0.414 bits per heavy atom. The molecule has 336 valence electrons. The van der Waals surface area contributed by atoms with Crippen LogP contribution in [0.15, 0.2) is 0 Å². The maximum atomic E-state index is 9.39. The van der Waals surface area contributed by atoms with E-state index >= 15 is 0 Å². The monoisotopic (exact) mass is 988 g/mol. The van der Waals surface area contributed by atoms with Crippen molar-refractivity contribution in [1.82, 2.24) is 0 Å². The van der Waals surface area contributed by atoms with Crippen molar-refractivity contribution in [3.8, 4) is 0 Å². The van der Waals surface area contributed by atoms with Crippen molar-refractivity contribution in [2.24, 2.45) is 92.7 Å². The predicted octanol–water partition coefficient (Wildman–Crippen LogP) is 10.8. The van der Waals surface area contributed by atoms with E-state index in [1.807, 2.05) is 0 Å². The first-order chi connectivity index (χ1) is 24.7. The summed E-state index contributed by atoms with van der Waals surface area (Å²) in [5.41, 5.74) is -0.688. The zero-order chi connectivity index (χ0) is 36.2. The number of hydrogen-bond acceptors (Lipinski definition) is 0. The summed E-state index contributed by atoms with van der Waals surface area (Å²) in [4.78, 5) is 37.6. The molecule has 0 amide bonds. The number of carboxylic acid groups (broad SMARTS) is 4. The third-order valence-electron chi connectivity index (χ3n) is 18.1. The first-order valence-electron chi connectivity index (χ1n) is 21.7. The molecule has 8 N–H and O–H groups in total. The van der Waals surface area contributed by atoms with Crippen molar-refractivity contribution in [2.45, 2.75) is 154 Å². The van der Waals surface area contributed by atoms with E-state index in [4.69, 9.17) is 0 Å². The van der Waals surface area contributed by atoms with Crippen LogP contribution in [-0.4, -0.2) is 63.5 Å². The van der Waals surface area contributed by atoms with Crippen molar-refractivity contribution in [3.63, 3.8) is 0 Å². The third-order valence-corrected chi connectivity index (χ3v) is 18.1. The fourth-order valence-electron chi connectivity index (χ4n) is 17.5. The number of rotatable bonds is 4. The van der Waals surface area contributed by atoms with Crippen LogP contribution in [0.4, 0.5) is 0 Å². The Hall–Kier alpha value is -0.873. The van der Waals surface area contributed by atoms with E-state index in [9.17, 15) is 39.6 Å². The van der Waals surface area contributed by atoms with E-state index in [2.05, 4.69) is 0 Å². The van der Waals surface area contributed by atoms with Crippen molar-refractivity contribution in [1.29, 1.82) is 0 Å². The molecule has 58 heavy (non-hydrogen) atoms. The van der Waals surface area contributed by atoms with E-state index in [1.54, 1.807) is 0 Å². The molecule has 0 radical (unpaired) electrons. The van der Waals surface area contributed by atoms with Gasteiger partial charge in [0.15, 0.2) is 0 Å². The molecule has 8 nitrogen and oxygen atoms in total. The summed E-state index contributed by atoms with van der Waals surface area (Å²) in [6.07, 6.45) is 28.8. The molecular formula is C48H80O8Ru2. The zero-order valence-electron chi connectivity index (χ0n) is 36.2. The minimum Gasteiger partial charge on any atom is -0.358 e. The average molecular weight is 987 g/mol. The standard InChI is InChI=1S/4C11H16O2.4CH3.2Ru/c4*12-10(13)11-4-7-1-8(5-11)3-9(2-7)6-11;;;;;;/h4*7-9H,1-6H2,(H,12,13);4*1H3;;/q;;;;4*-1;;/p+4. The number of aliphatic carboxylic acids is 4. The Morgan fingerprint density at radius 2 is 0.345 bits per heavy atom. The quantitative estimate of drug-likeness (QED) is 0.125. The first kappa shape index (κ1) is 51.5. The molecule has 0 saturated heterocycles. The van der Waals surface area contributed by atoms with Gasteiger partial charge in [0.25, 0.3) is 0 Å². The molecule has 0 atom stereocenters. The molecule has 16 saturated carbocycles. The van der Waals surface area contributed by atoms with Crippen molar-refractivity contribution in [3.05, 3.63) is 29.7 Å². The van der Waals surface area contributed by atoms with Gasteiger partial charge in [-0.25, -0.2) is 0 Å². The zero-order valence-corrected chi connectivity index (χ0v) is 39.7. The smallest absolute Gasteiger partial charge is 0.358 e. The minimum absolute atomic E-state index is 0. The van der Waals surface area contributed by atoms with E-state index in [0.29, 0.717) is 0 Å². The van der Waals surface area contributed by atoms with Crippen LogP contribution in [0.3, 0.4) is 0 Å². The second kappa shape index (κ2) is 18.8. The van der Waals surface area contributed by atoms with Gasteiger partial charge in [-0.15, -0.1) is 0 Å². The van der Waals surface area contributed by atoms with Gasteiger partial charge in [0.05, 0.1) is 0 Å². The Bertz CT molecular complexity index is 1120. The molecule has 0 spiro atoms. The van der Waals surface area contributed by atoms with Crippen LogP contribution in [-0.2, 0) is 39.0 Å². The predicted molar refractivity (Wildman–Crippen MR) is 226 cm³/mol. The van der Waals surface area contributed by atoms with E-state index in [0.717, 1.165) is 148 Å². The summed E-state index contributed by atoms with van der Waals surface area (Å²) in [5, 5.41) is 37.6. The van der Waals surface area contributed by atoms with Gasteiger partial charge in [0, 0.05) is 39.0 Å². The molecule has 0 aromatic rings. The maximum Gasteiger partial charge on any atom is 0.486 e. The second-order valence-electron chi connectivity index (χ2n) is 22.1. The van der Waals surface area contributed by atoms with Gasteiger partial charge in [0.1, 0.15) is 21.7 Å².